The first-order chi connectivity index (χ1) is 8.63. The Kier molecular flexibility index (Phi) is 3.52. The summed E-state index contributed by atoms with van der Waals surface area (Å²) < 4.78 is 0. The molecule has 1 unspecified atom stereocenters. The third-order valence-electron chi connectivity index (χ3n) is 3.30. The lowest BCUT2D eigenvalue weighted by atomic mass is 10.0. The number of hydrogen-bond donors (Lipinski definition) is 1. The normalized spacial score (nSPS) is 19.3. The minimum absolute atomic E-state index is 0.0205. The van der Waals surface area contributed by atoms with Gasteiger partial charge < -0.3 is 10.0 Å². The molecule has 1 amide bonds. The molecular formula is C14H16N2O2. The van der Waals surface area contributed by atoms with Crippen molar-refractivity contribution in [3.8, 4) is 11.8 Å². The van der Waals surface area contributed by atoms with Crippen LogP contribution in [-0.2, 0) is 0 Å². The molecule has 1 N–H and O–H groups in total. The third kappa shape index (κ3) is 2.30. The summed E-state index contributed by atoms with van der Waals surface area (Å²) in [5.41, 5.74) is 1.21. The van der Waals surface area contributed by atoms with Crippen LogP contribution in [0.1, 0.15) is 35.2 Å². The Morgan fingerprint density at radius 1 is 1.50 bits per heavy atom. The number of phenolic OH excluding ortho intramolecular Hbond substituents is 1. The molecule has 0 aliphatic carbocycles. The fourth-order valence-electron chi connectivity index (χ4n) is 2.28. The van der Waals surface area contributed by atoms with Crippen LogP contribution in [0.4, 0.5) is 0 Å². The molecule has 2 rings (SSSR count). The molecule has 18 heavy (non-hydrogen) atoms. The van der Waals surface area contributed by atoms with Crippen LogP contribution in [-0.4, -0.2) is 28.5 Å². The molecular weight excluding hydrogens is 228 g/mol. The molecule has 4 heteroatoms. The Morgan fingerprint density at radius 2 is 2.28 bits per heavy atom. The van der Waals surface area contributed by atoms with Crippen molar-refractivity contribution in [3.05, 3.63) is 29.3 Å². The largest absolute Gasteiger partial charge is 0.507 e. The minimum Gasteiger partial charge on any atom is -0.507 e. The van der Waals surface area contributed by atoms with Crippen LogP contribution in [0.3, 0.4) is 0 Å². The topological polar surface area (TPSA) is 64.3 Å². The van der Waals surface area contributed by atoms with Crippen molar-refractivity contribution < 1.29 is 9.90 Å². The van der Waals surface area contributed by atoms with Gasteiger partial charge in [0.1, 0.15) is 11.8 Å². The van der Waals surface area contributed by atoms with Crippen molar-refractivity contribution in [2.75, 3.05) is 6.54 Å². The summed E-state index contributed by atoms with van der Waals surface area (Å²) in [5, 5.41) is 18.8. The van der Waals surface area contributed by atoms with E-state index >= 15 is 0 Å². The zero-order chi connectivity index (χ0) is 13.1. The second-order valence-electron chi connectivity index (χ2n) is 4.66. The van der Waals surface area contributed by atoms with Gasteiger partial charge in [-0.05, 0) is 38.3 Å². The van der Waals surface area contributed by atoms with Crippen molar-refractivity contribution in [1.29, 1.82) is 5.26 Å². The van der Waals surface area contributed by atoms with Gasteiger partial charge in [0.25, 0.3) is 5.91 Å². The lowest BCUT2D eigenvalue weighted by Gasteiger charge is -2.31. The number of hydrogen-bond acceptors (Lipinski definition) is 3. The predicted octanol–water partition coefficient (Wildman–Crippen LogP) is 2.22. The van der Waals surface area contributed by atoms with Crippen LogP contribution in [0.15, 0.2) is 18.2 Å². The van der Waals surface area contributed by atoms with Crippen LogP contribution in [0.25, 0.3) is 0 Å². The Hall–Kier alpha value is -2.02. The molecule has 1 aliphatic heterocycles. The highest BCUT2D eigenvalue weighted by Gasteiger charge is 2.28. The molecule has 0 bridgehead atoms. The Labute approximate surface area is 106 Å². The van der Waals surface area contributed by atoms with Gasteiger partial charge in [0, 0.05) is 6.54 Å². The molecule has 1 atom stereocenters. The molecule has 0 saturated carbocycles. The number of piperidine rings is 1. The summed E-state index contributed by atoms with van der Waals surface area (Å²) in [4.78, 5) is 13.9. The number of phenols is 1. The summed E-state index contributed by atoms with van der Waals surface area (Å²) >= 11 is 0. The summed E-state index contributed by atoms with van der Waals surface area (Å²) in [6.45, 7) is 2.46. The van der Waals surface area contributed by atoms with E-state index in [0.29, 0.717) is 6.54 Å². The Balaban J connectivity index is 2.30. The van der Waals surface area contributed by atoms with Crippen LogP contribution >= 0.6 is 0 Å². The van der Waals surface area contributed by atoms with Gasteiger partial charge in [-0.15, -0.1) is 0 Å². The van der Waals surface area contributed by atoms with Crippen LogP contribution in [0.5, 0.6) is 5.75 Å². The van der Waals surface area contributed by atoms with Gasteiger partial charge in [-0.2, -0.15) is 5.26 Å². The summed E-state index contributed by atoms with van der Waals surface area (Å²) in [6, 6.07) is 6.74. The Morgan fingerprint density at radius 3 is 3.00 bits per heavy atom. The highest BCUT2D eigenvalue weighted by atomic mass is 16.3. The van der Waals surface area contributed by atoms with Crippen molar-refractivity contribution in [1.82, 2.24) is 4.90 Å². The van der Waals surface area contributed by atoms with Gasteiger partial charge in [0.2, 0.25) is 0 Å². The second kappa shape index (κ2) is 5.09. The number of likely N-dealkylation sites (tertiary alicyclic amines) is 1. The highest BCUT2D eigenvalue weighted by Crippen LogP contribution is 2.24. The van der Waals surface area contributed by atoms with Crippen molar-refractivity contribution >= 4 is 5.91 Å². The molecule has 0 aromatic heterocycles. The average molecular weight is 244 g/mol. The van der Waals surface area contributed by atoms with Crippen molar-refractivity contribution in [2.45, 2.75) is 32.2 Å². The SMILES string of the molecule is Cc1ccc(O)c(C(=O)N2CCCCC2C#N)c1. The zero-order valence-corrected chi connectivity index (χ0v) is 10.4. The third-order valence-corrected chi connectivity index (χ3v) is 3.30. The number of aromatic hydroxyl groups is 1. The number of carbonyl (C=O) groups is 1. The molecule has 4 nitrogen and oxygen atoms in total. The molecule has 1 fully saturated rings. The van der Waals surface area contributed by atoms with Gasteiger partial charge in [-0.3, -0.25) is 4.79 Å². The molecule has 94 valence electrons. The quantitative estimate of drug-likeness (QED) is 0.823. The Bertz CT molecular complexity index is 505. The maximum absolute atomic E-state index is 12.4. The van der Waals surface area contributed by atoms with Gasteiger partial charge in [-0.1, -0.05) is 11.6 Å². The van der Waals surface area contributed by atoms with E-state index in [0.717, 1.165) is 24.8 Å². The fourth-order valence-corrected chi connectivity index (χ4v) is 2.28. The first-order valence-electron chi connectivity index (χ1n) is 6.13. The monoisotopic (exact) mass is 244 g/mol. The number of aryl methyl sites for hydroxylation is 1. The molecule has 1 aliphatic rings. The first kappa shape index (κ1) is 12.4. The summed E-state index contributed by atoms with van der Waals surface area (Å²) in [5.74, 6) is -0.268. The molecule has 1 aromatic rings. The molecule has 1 heterocycles. The molecule has 1 saturated heterocycles. The van der Waals surface area contributed by atoms with E-state index in [1.54, 1.807) is 17.0 Å². The fraction of sp³-hybridized carbons (Fsp3) is 0.429. The van der Waals surface area contributed by atoms with E-state index in [1.165, 1.54) is 6.07 Å². The van der Waals surface area contributed by atoms with Gasteiger partial charge in [-0.25, -0.2) is 0 Å². The zero-order valence-electron chi connectivity index (χ0n) is 10.4. The van der Waals surface area contributed by atoms with E-state index in [-0.39, 0.29) is 23.3 Å². The van der Waals surface area contributed by atoms with E-state index in [9.17, 15) is 9.90 Å². The van der Waals surface area contributed by atoms with Gasteiger partial charge in [0.15, 0.2) is 0 Å². The van der Waals surface area contributed by atoms with Crippen LogP contribution in [0.2, 0.25) is 0 Å². The van der Waals surface area contributed by atoms with E-state index in [2.05, 4.69) is 6.07 Å². The second-order valence-corrected chi connectivity index (χ2v) is 4.66. The number of amides is 1. The number of nitrogens with zero attached hydrogens (tertiary/aromatic N) is 2. The van der Waals surface area contributed by atoms with Crippen LogP contribution in [0, 0.1) is 18.3 Å². The van der Waals surface area contributed by atoms with Crippen LogP contribution < -0.4 is 0 Å². The molecule has 1 aromatic carbocycles. The number of benzene rings is 1. The number of carbonyl (C=O) groups excluding carboxylic acids is 1. The summed E-state index contributed by atoms with van der Waals surface area (Å²) in [7, 11) is 0. The molecule has 0 spiro atoms. The predicted molar refractivity (Wildman–Crippen MR) is 67.1 cm³/mol. The van der Waals surface area contributed by atoms with Crippen molar-refractivity contribution in [3.63, 3.8) is 0 Å². The van der Waals surface area contributed by atoms with Gasteiger partial charge >= 0.3 is 0 Å². The maximum Gasteiger partial charge on any atom is 0.258 e. The maximum atomic E-state index is 12.4. The lowest BCUT2D eigenvalue weighted by Crippen LogP contribution is -2.42. The lowest BCUT2D eigenvalue weighted by molar-refractivity contribution is 0.0667. The smallest absolute Gasteiger partial charge is 0.258 e. The average Bonchev–Trinajstić information content (AvgIpc) is 2.40. The first-order valence-corrected chi connectivity index (χ1v) is 6.13. The van der Waals surface area contributed by atoms with E-state index in [1.807, 2.05) is 6.92 Å². The van der Waals surface area contributed by atoms with E-state index in [4.69, 9.17) is 5.26 Å². The van der Waals surface area contributed by atoms with Gasteiger partial charge in [0.05, 0.1) is 11.6 Å². The highest BCUT2D eigenvalue weighted by molar-refractivity contribution is 5.97. The van der Waals surface area contributed by atoms with E-state index < -0.39 is 0 Å². The number of rotatable bonds is 1. The molecule has 0 radical (unpaired) electrons. The standard InChI is InChI=1S/C14H16N2O2/c1-10-5-6-13(17)12(8-10)14(18)16-7-3-2-4-11(16)9-15/h5-6,8,11,17H,2-4,7H2,1H3. The number of nitriles is 1. The minimum atomic E-state index is -0.369. The van der Waals surface area contributed by atoms with Crippen molar-refractivity contribution in [2.24, 2.45) is 0 Å². The summed E-state index contributed by atoms with van der Waals surface area (Å²) in [6.07, 6.45) is 2.60.